The van der Waals surface area contributed by atoms with Crippen molar-refractivity contribution in [3.8, 4) is 0 Å². The highest BCUT2D eigenvalue weighted by Gasteiger charge is 2.33. The van der Waals surface area contributed by atoms with Gasteiger partial charge in [0.2, 0.25) is 0 Å². The third-order valence-electron chi connectivity index (χ3n) is 3.11. The van der Waals surface area contributed by atoms with E-state index in [2.05, 4.69) is 0 Å². The van der Waals surface area contributed by atoms with E-state index in [-0.39, 0.29) is 6.04 Å². The largest absolute Gasteiger partial charge is 0.405 e. The van der Waals surface area contributed by atoms with Gasteiger partial charge >= 0.3 is 12.2 Å². The van der Waals surface area contributed by atoms with Gasteiger partial charge in [-0.05, 0) is 25.7 Å². The second kappa shape index (κ2) is 6.26. The van der Waals surface area contributed by atoms with E-state index in [1.165, 1.54) is 4.90 Å². The van der Waals surface area contributed by atoms with E-state index in [0.717, 1.165) is 12.8 Å². The summed E-state index contributed by atoms with van der Waals surface area (Å²) in [5.74, 6) is 0. The number of carbonyl (C=O) groups excluding carboxylic acids is 1. The molecule has 0 bridgehead atoms. The number of carbonyl (C=O) groups is 1. The van der Waals surface area contributed by atoms with E-state index in [1.54, 1.807) is 6.92 Å². The van der Waals surface area contributed by atoms with Gasteiger partial charge in [-0.25, -0.2) is 4.79 Å². The lowest BCUT2D eigenvalue weighted by Gasteiger charge is -2.38. The minimum Gasteiger partial charge on any atom is -0.391 e. The van der Waals surface area contributed by atoms with Crippen molar-refractivity contribution >= 4 is 6.03 Å². The van der Waals surface area contributed by atoms with Crippen molar-refractivity contribution in [2.75, 3.05) is 13.1 Å². The standard InChI is InChI=1S/C11H19F3N2O2/c1-2-9(17)8-5-3-4-6-16(8)10(18)15-7-11(12,13)14/h8-9,17H,2-7H2,1H3,(H,15,18)/t8-,9-/m1/s1. The predicted octanol–water partition coefficient (Wildman–Crippen LogP) is 1.88. The molecular formula is C11H19F3N2O2. The molecule has 0 saturated carbocycles. The molecule has 1 fully saturated rings. The fourth-order valence-electron chi connectivity index (χ4n) is 2.16. The zero-order valence-corrected chi connectivity index (χ0v) is 10.3. The highest BCUT2D eigenvalue weighted by atomic mass is 19.4. The van der Waals surface area contributed by atoms with Gasteiger partial charge in [0.25, 0.3) is 0 Å². The van der Waals surface area contributed by atoms with Crippen LogP contribution in [-0.2, 0) is 0 Å². The van der Waals surface area contributed by atoms with E-state index < -0.39 is 24.9 Å². The Morgan fingerprint density at radius 1 is 1.50 bits per heavy atom. The SMILES string of the molecule is CC[C@@H](O)[C@H]1CCCCN1C(=O)NCC(F)(F)F. The Kier molecular flexibility index (Phi) is 5.25. The number of piperidine rings is 1. The minimum atomic E-state index is -4.41. The van der Waals surface area contributed by atoms with Crippen LogP contribution in [0.5, 0.6) is 0 Å². The first-order valence-corrected chi connectivity index (χ1v) is 6.14. The van der Waals surface area contributed by atoms with Gasteiger partial charge in [-0.2, -0.15) is 13.2 Å². The Bertz CT molecular complexity index is 284. The third-order valence-corrected chi connectivity index (χ3v) is 3.11. The van der Waals surface area contributed by atoms with Crippen LogP contribution in [0.3, 0.4) is 0 Å². The van der Waals surface area contributed by atoms with Crippen LogP contribution >= 0.6 is 0 Å². The maximum atomic E-state index is 12.0. The van der Waals surface area contributed by atoms with Gasteiger partial charge < -0.3 is 15.3 Å². The van der Waals surface area contributed by atoms with Crippen LogP contribution in [0, 0.1) is 0 Å². The number of nitrogens with one attached hydrogen (secondary N) is 1. The third kappa shape index (κ3) is 4.36. The smallest absolute Gasteiger partial charge is 0.391 e. The van der Waals surface area contributed by atoms with Crippen LogP contribution < -0.4 is 5.32 Å². The topological polar surface area (TPSA) is 52.6 Å². The number of hydrogen-bond donors (Lipinski definition) is 2. The van der Waals surface area contributed by atoms with Gasteiger partial charge in [-0.15, -0.1) is 0 Å². The predicted molar refractivity (Wildman–Crippen MR) is 60.1 cm³/mol. The van der Waals surface area contributed by atoms with Gasteiger partial charge in [0.05, 0.1) is 12.1 Å². The Balaban J connectivity index is 2.57. The number of amides is 2. The number of alkyl halides is 3. The molecule has 1 saturated heterocycles. The van der Waals surface area contributed by atoms with Crippen LogP contribution in [0.2, 0.25) is 0 Å². The van der Waals surface area contributed by atoms with Gasteiger partial charge in [-0.1, -0.05) is 6.92 Å². The lowest BCUT2D eigenvalue weighted by atomic mass is 9.96. The molecule has 4 nitrogen and oxygen atoms in total. The summed E-state index contributed by atoms with van der Waals surface area (Å²) in [5.41, 5.74) is 0. The van der Waals surface area contributed by atoms with Gasteiger partial charge in [0.15, 0.2) is 0 Å². The first kappa shape index (κ1) is 15.1. The molecule has 2 N–H and O–H groups in total. The van der Waals surface area contributed by atoms with Crippen molar-refractivity contribution < 1.29 is 23.1 Å². The van der Waals surface area contributed by atoms with Crippen molar-refractivity contribution in [1.29, 1.82) is 0 Å². The van der Waals surface area contributed by atoms with Crippen molar-refractivity contribution in [2.24, 2.45) is 0 Å². The molecule has 1 aliphatic heterocycles. The maximum Gasteiger partial charge on any atom is 0.405 e. The molecule has 2 atom stereocenters. The molecule has 7 heteroatoms. The van der Waals surface area contributed by atoms with Crippen molar-refractivity contribution in [3.63, 3.8) is 0 Å². The van der Waals surface area contributed by atoms with Crippen LogP contribution in [0.4, 0.5) is 18.0 Å². The molecule has 1 heterocycles. The van der Waals surface area contributed by atoms with Crippen molar-refractivity contribution in [2.45, 2.75) is 50.9 Å². The highest BCUT2D eigenvalue weighted by molar-refractivity contribution is 5.74. The summed E-state index contributed by atoms with van der Waals surface area (Å²) >= 11 is 0. The normalized spacial score (nSPS) is 22.7. The first-order chi connectivity index (χ1) is 8.35. The van der Waals surface area contributed by atoms with E-state index >= 15 is 0 Å². The van der Waals surface area contributed by atoms with Crippen LogP contribution in [-0.4, -0.2) is 47.4 Å². The van der Waals surface area contributed by atoms with E-state index in [1.807, 2.05) is 5.32 Å². The molecule has 18 heavy (non-hydrogen) atoms. The van der Waals surface area contributed by atoms with Gasteiger partial charge in [0, 0.05) is 6.54 Å². The van der Waals surface area contributed by atoms with Crippen LogP contribution in [0.1, 0.15) is 32.6 Å². The second-order valence-electron chi connectivity index (χ2n) is 4.51. The molecule has 0 unspecified atom stereocenters. The fourth-order valence-corrected chi connectivity index (χ4v) is 2.16. The molecule has 0 aliphatic carbocycles. The van der Waals surface area contributed by atoms with Crippen LogP contribution in [0.15, 0.2) is 0 Å². The zero-order chi connectivity index (χ0) is 13.8. The number of rotatable bonds is 3. The summed E-state index contributed by atoms with van der Waals surface area (Å²) < 4.78 is 36.1. The number of nitrogens with zero attached hydrogens (tertiary/aromatic N) is 1. The monoisotopic (exact) mass is 268 g/mol. The number of hydrogen-bond acceptors (Lipinski definition) is 2. The molecule has 106 valence electrons. The summed E-state index contributed by atoms with van der Waals surface area (Å²) in [4.78, 5) is 13.0. The number of likely N-dealkylation sites (tertiary alicyclic amines) is 1. The van der Waals surface area contributed by atoms with E-state index in [9.17, 15) is 23.1 Å². The van der Waals surface area contributed by atoms with E-state index in [0.29, 0.717) is 19.4 Å². The number of urea groups is 1. The fraction of sp³-hybridized carbons (Fsp3) is 0.909. The lowest BCUT2D eigenvalue weighted by Crippen LogP contribution is -2.54. The minimum absolute atomic E-state index is 0.378. The molecule has 1 aliphatic rings. The molecule has 0 aromatic carbocycles. The summed E-state index contributed by atoms with van der Waals surface area (Å²) in [5, 5.41) is 11.6. The van der Waals surface area contributed by atoms with E-state index in [4.69, 9.17) is 0 Å². The average molecular weight is 268 g/mol. The van der Waals surface area contributed by atoms with Crippen molar-refractivity contribution in [1.82, 2.24) is 10.2 Å². The summed E-state index contributed by atoms with van der Waals surface area (Å²) in [6, 6.07) is -1.12. The Morgan fingerprint density at radius 2 is 2.17 bits per heavy atom. The molecule has 0 aromatic heterocycles. The van der Waals surface area contributed by atoms with Crippen molar-refractivity contribution in [3.05, 3.63) is 0 Å². The zero-order valence-electron chi connectivity index (χ0n) is 10.3. The quantitative estimate of drug-likeness (QED) is 0.821. The molecule has 1 rings (SSSR count). The first-order valence-electron chi connectivity index (χ1n) is 6.14. The summed E-state index contributed by atoms with van der Waals surface area (Å²) in [6.07, 6.45) is -2.34. The number of aliphatic hydroxyl groups is 1. The molecule has 0 spiro atoms. The highest BCUT2D eigenvalue weighted by Crippen LogP contribution is 2.21. The molecular weight excluding hydrogens is 249 g/mol. The summed E-state index contributed by atoms with van der Waals surface area (Å²) in [6.45, 7) is 0.841. The maximum absolute atomic E-state index is 12.0. The molecule has 0 aromatic rings. The Morgan fingerprint density at radius 3 is 2.72 bits per heavy atom. The number of halogens is 3. The Hall–Kier alpha value is -0.980. The lowest BCUT2D eigenvalue weighted by molar-refractivity contribution is -0.123. The molecule has 2 amide bonds. The molecule has 0 radical (unpaired) electrons. The van der Waals surface area contributed by atoms with Gasteiger partial charge in [0.1, 0.15) is 6.54 Å². The average Bonchev–Trinajstić information content (AvgIpc) is 2.34. The number of aliphatic hydroxyl groups excluding tert-OH is 1. The van der Waals surface area contributed by atoms with Gasteiger partial charge in [-0.3, -0.25) is 0 Å². The Labute approximate surface area is 104 Å². The second-order valence-corrected chi connectivity index (χ2v) is 4.51. The van der Waals surface area contributed by atoms with Crippen LogP contribution in [0.25, 0.3) is 0 Å². The summed E-state index contributed by atoms with van der Waals surface area (Å²) in [7, 11) is 0.